The lowest BCUT2D eigenvalue weighted by Crippen LogP contribution is -2.26. The topological polar surface area (TPSA) is 149 Å². The zero-order chi connectivity index (χ0) is 16.2. The van der Waals surface area contributed by atoms with Crippen molar-refractivity contribution in [2.75, 3.05) is 0 Å². The molecule has 0 atom stereocenters. The van der Waals surface area contributed by atoms with Gasteiger partial charge in [0.1, 0.15) is 5.69 Å². The number of hydrogen-bond donors (Lipinski definition) is 4. The van der Waals surface area contributed by atoms with Gasteiger partial charge in [-0.2, -0.15) is 4.99 Å². The third-order valence-electron chi connectivity index (χ3n) is 1.93. The maximum absolute atomic E-state index is 12.3. The second-order valence-electron chi connectivity index (χ2n) is 3.51. The second kappa shape index (κ2) is 5.98. The Kier molecular flexibility index (Phi) is 4.58. The first kappa shape index (κ1) is 16.1. The number of carboxylic acids is 1. The Morgan fingerprint density at radius 1 is 1.24 bits per heavy atom. The van der Waals surface area contributed by atoms with Crippen LogP contribution in [0.15, 0.2) is 28.2 Å². The molecule has 0 aliphatic heterocycles. The summed E-state index contributed by atoms with van der Waals surface area (Å²) in [5, 5.41) is 8.95. The van der Waals surface area contributed by atoms with E-state index in [-0.39, 0.29) is 0 Å². The summed E-state index contributed by atoms with van der Waals surface area (Å²) < 4.78 is 40.5. The van der Waals surface area contributed by atoms with E-state index in [1.807, 2.05) is 0 Å². The number of carboxylic acid groups (broad SMARTS) is 1. The van der Waals surface area contributed by atoms with Crippen molar-refractivity contribution in [1.82, 2.24) is 0 Å². The third-order valence-corrected chi connectivity index (χ3v) is 1.93. The maximum atomic E-state index is 12.3. The number of para-hydroxylation sites is 1. The molecule has 0 amide bonds. The van der Waals surface area contributed by atoms with Crippen LogP contribution < -0.4 is 21.9 Å². The van der Waals surface area contributed by atoms with Gasteiger partial charge in [0.15, 0.2) is 11.7 Å². The normalized spacial score (nSPS) is 11.9. The molecule has 1 rings (SSSR count). The molecule has 21 heavy (non-hydrogen) atoms. The molecule has 0 saturated carbocycles. The molecule has 7 N–H and O–H groups in total. The Labute approximate surface area is 115 Å². The number of benzene rings is 1. The molecule has 0 aliphatic rings. The van der Waals surface area contributed by atoms with E-state index < -0.39 is 41.3 Å². The predicted molar refractivity (Wildman–Crippen MR) is 67.2 cm³/mol. The van der Waals surface area contributed by atoms with Crippen LogP contribution in [0.25, 0.3) is 0 Å². The van der Waals surface area contributed by atoms with Crippen molar-refractivity contribution in [2.45, 2.75) is 6.36 Å². The fourth-order valence-electron chi connectivity index (χ4n) is 1.29. The summed E-state index contributed by atoms with van der Waals surface area (Å²) in [6.45, 7) is 0. The lowest BCUT2D eigenvalue weighted by Gasteiger charge is -2.12. The summed E-state index contributed by atoms with van der Waals surface area (Å²) in [4.78, 5) is 17.7. The van der Waals surface area contributed by atoms with Gasteiger partial charge in [-0.25, -0.2) is 9.79 Å². The van der Waals surface area contributed by atoms with E-state index in [4.69, 9.17) is 22.3 Å². The lowest BCUT2D eigenvalue weighted by atomic mass is 10.1. The maximum Gasteiger partial charge on any atom is 0.573 e. The molecule has 1 aromatic rings. The van der Waals surface area contributed by atoms with E-state index in [1.165, 1.54) is 0 Å². The highest BCUT2D eigenvalue weighted by Crippen LogP contribution is 2.35. The number of rotatable bonds is 3. The Bertz CT molecular complexity index is 608. The van der Waals surface area contributed by atoms with Crippen molar-refractivity contribution in [3.63, 3.8) is 0 Å². The fourth-order valence-corrected chi connectivity index (χ4v) is 1.29. The fraction of sp³-hybridized carbons (Fsp3) is 0.100. The number of alkyl halides is 3. The van der Waals surface area contributed by atoms with E-state index in [2.05, 4.69) is 14.7 Å². The van der Waals surface area contributed by atoms with Crippen LogP contribution in [0.1, 0.15) is 10.4 Å². The molecular weight excluding hydrogens is 295 g/mol. The highest BCUT2D eigenvalue weighted by Gasteiger charge is 2.33. The van der Waals surface area contributed by atoms with E-state index in [0.29, 0.717) is 0 Å². The Morgan fingerprint density at radius 3 is 2.33 bits per heavy atom. The average Bonchev–Trinajstić information content (AvgIpc) is 2.27. The lowest BCUT2D eigenvalue weighted by molar-refractivity contribution is -0.274. The molecule has 0 aromatic heterocycles. The summed E-state index contributed by atoms with van der Waals surface area (Å²) in [5.74, 6) is -3.51. The third kappa shape index (κ3) is 4.89. The molecule has 0 unspecified atom stereocenters. The largest absolute Gasteiger partial charge is 0.573 e. The van der Waals surface area contributed by atoms with Crippen LogP contribution in [-0.4, -0.2) is 29.4 Å². The van der Waals surface area contributed by atoms with Gasteiger partial charge in [0, 0.05) is 0 Å². The van der Waals surface area contributed by atoms with Crippen LogP contribution in [0, 0.1) is 0 Å². The Hall–Kier alpha value is -2.98. The SMILES string of the molecule is NC(N)=NC(N)=Nc1c(OC(F)(F)F)cccc1C(=O)O. The highest BCUT2D eigenvalue weighted by atomic mass is 19.4. The van der Waals surface area contributed by atoms with Crippen LogP contribution in [-0.2, 0) is 0 Å². The van der Waals surface area contributed by atoms with Crippen molar-refractivity contribution in [3.8, 4) is 5.75 Å². The van der Waals surface area contributed by atoms with Crippen LogP contribution in [0.3, 0.4) is 0 Å². The number of nitrogens with two attached hydrogens (primary N) is 3. The van der Waals surface area contributed by atoms with Crippen molar-refractivity contribution < 1.29 is 27.8 Å². The van der Waals surface area contributed by atoms with E-state index in [0.717, 1.165) is 18.2 Å². The number of aliphatic imine (C=N–C) groups is 2. The molecule has 0 bridgehead atoms. The van der Waals surface area contributed by atoms with E-state index >= 15 is 0 Å². The Morgan fingerprint density at radius 2 is 1.86 bits per heavy atom. The monoisotopic (exact) mass is 305 g/mol. The van der Waals surface area contributed by atoms with Crippen molar-refractivity contribution in [1.29, 1.82) is 0 Å². The van der Waals surface area contributed by atoms with Gasteiger partial charge in [-0.3, -0.25) is 0 Å². The molecule has 114 valence electrons. The van der Waals surface area contributed by atoms with Gasteiger partial charge in [0.25, 0.3) is 0 Å². The van der Waals surface area contributed by atoms with Crippen LogP contribution in [0.5, 0.6) is 5.75 Å². The summed E-state index contributed by atoms with van der Waals surface area (Å²) in [7, 11) is 0. The molecule has 0 fully saturated rings. The zero-order valence-electron chi connectivity index (χ0n) is 10.3. The van der Waals surface area contributed by atoms with Gasteiger partial charge < -0.3 is 27.0 Å². The molecule has 0 saturated heterocycles. The minimum absolute atomic E-state index is 0.498. The zero-order valence-corrected chi connectivity index (χ0v) is 10.3. The molecule has 8 nitrogen and oxygen atoms in total. The standard InChI is InChI=1S/C10H10F3N5O3/c11-10(12,13)21-5-3-1-2-4(7(19)20)6(5)17-9(16)18-8(14)15/h1-3H,(H,19,20)(H6,14,15,16,17,18). The predicted octanol–water partition coefficient (Wildman–Crippen LogP) is 0.503. The van der Waals surface area contributed by atoms with Crippen molar-refractivity contribution in [2.24, 2.45) is 27.2 Å². The minimum Gasteiger partial charge on any atom is -0.478 e. The molecule has 0 aliphatic carbocycles. The number of guanidine groups is 2. The van der Waals surface area contributed by atoms with Crippen molar-refractivity contribution >= 4 is 23.6 Å². The van der Waals surface area contributed by atoms with Crippen LogP contribution >= 0.6 is 0 Å². The first-order chi connectivity index (χ1) is 9.60. The van der Waals surface area contributed by atoms with Gasteiger partial charge >= 0.3 is 12.3 Å². The number of aromatic carboxylic acids is 1. The number of carbonyl (C=O) groups is 1. The number of ether oxygens (including phenoxy) is 1. The minimum atomic E-state index is -5.04. The summed E-state index contributed by atoms with van der Waals surface area (Å²) in [6, 6.07) is 2.95. The smallest absolute Gasteiger partial charge is 0.478 e. The summed E-state index contributed by atoms with van der Waals surface area (Å²) in [5.41, 5.74) is 14.1. The van der Waals surface area contributed by atoms with Gasteiger partial charge in [0.05, 0.1) is 5.56 Å². The summed E-state index contributed by atoms with van der Waals surface area (Å²) >= 11 is 0. The quantitative estimate of drug-likeness (QED) is 0.472. The van der Waals surface area contributed by atoms with Crippen LogP contribution in [0.2, 0.25) is 0 Å². The molecule has 11 heteroatoms. The number of hydrogen-bond acceptors (Lipinski definition) is 3. The van der Waals surface area contributed by atoms with Gasteiger partial charge in [0.2, 0.25) is 5.96 Å². The molecule has 0 radical (unpaired) electrons. The van der Waals surface area contributed by atoms with Crippen LogP contribution in [0.4, 0.5) is 18.9 Å². The van der Waals surface area contributed by atoms with E-state index in [9.17, 15) is 18.0 Å². The summed E-state index contributed by atoms with van der Waals surface area (Å²) in [6.07, 6.45) is -5.04. The number of nitrogens with zero attached hydrogens (tertiary/aromatic N) is 2. The average molecular weight is 305 g/mol. The highest BCUT2D eigenvalue weighted by molar-refractivity contribution is 5.99. The van der Waals surface area contributed by atoms with E-state index in [1.54, 1.807) is 0 Å². The Balaban J connectivity index is 3.43. The molecule has 0 spiro atoms. The van der Waals surface area contributed by atoms with Gasteiger partial charge in [-0.15, -0.1) is 13.2 Å². The van der Waals surface area contributed by atoms with Gasteiger partial charge in [-0.1, -0.05) is 6.07 Å². The molecular formula is C10H10F3N5O3. The second-order valence-corrected chi connectivity index (χ2v) is 3.51. The van der Waals surface area contributed by atoms with Crippen molar-refractivity contribution in [3.05, 3.63) is 23.8 Å². The molecule has 1 aromatic carbocycles. The first-order valence-electron chi connectivity index (χ1n) is 5.16. The first-order valence-corrected chi connectivity index (χ1v) is 5.16. The van der Waals surface area contributed by atoms with Gasteiger partial charge in [-0.05, 0) is 12.1 Å². The molecule has 0 heterocycles. The number of halogens is 3.